The fraction of sp³-hybridized carbons (Fsp3) is 0.714. The summed E-state index contributed by atoms with van der Waals surface area (Å²) in [5, 5.41) is 3.51. The van der Waals surface area contributed by atoms with E-state index in [2.05, 4.69) is 22.2 Å². The van der Waals surface area contributed by atoms with Crippen molar-refractivity contribution in [2.45, 2.75) is 52.5 Å². The molecule has 18 heavy (non-hydrogen) atoms. The molecule has 1 aliphatic carbocycles. The van der Waals surface area contributed by atoms with Crippen molar-refractivity contribution in [3.63, 3.8) is 0 Å². The summed E-state index contributed by atoms with van der Waals surface area (Å²) in [4.78, 5) is 8.68. The number of nitrogens with one attached hydrogen (secondary N) is 1. The highest BCUT2D eigenvalue weighted by molar-refractivity contribution is 5.39. The highest BCUT2D eigenvalue weighted by Crippen LogP contribution is 2.26. The Morgan fingerprint density at radius 3 is 2.67 bits per heavy atom. The van der Waals surface area contributed by atoms with Gasteiger partial charge in [-0.3, -0.25) is 0 Å². The van der Waals surface area contributed by atoms with Crippen molar-refractivity contribution >= 4 is 5.82 Å². The molecular formula is C14H23N3O. The first-order valence-electron chi connectivity index (χ1n) is 6.92. The molecule has 0 unspecified atom stereocenters. The smallest absolute Gasteiger partial charge is 0.218 e. The summed E-state index contributed by atoms with van der Waals surface area (Å²) in [6.07, 6.45) is 5.07. The average molecular weight is 249 g/mol. The number of hydrogen-bond acceptors (Lipinski definition) is 4. The lowest BCUT2D eigenvalue weighted by Gasteiger charge is -2.27. The molecule has 1 aromatic heterocycles. The quantitative estimate of drug-likeness (QED) is 0.890. The van der Waals surface area contributed by atoms with E-state index in [1.54, 1.807) is 0 Å². The van der Waals surface area contributed by atoms with Crippen LogP contribution in [0.3, 0.4) is 0 Å². The zero-order chi connectivity index (χ0) is 13.0. The van der Waals surface area contributed by atoms with Crippen LogP contribution in [0.2, 0.25) is 0 Å². The molecule has 0 spiro atoms. The molecule has 1 aromatic rings. The third-order valence-electron chi connectivity index (χ3n) is 3.47. The Kier molecular flexibility index (Phi) is 4.39. The average Bonchev–Trinajstić information content (AvgIpc) is 2.32. The summed E-state index contributed by atoms with van der Waals surface area (Å²) in [6, 6.07) is 2.44. The van der Waals surface area contributed by atoms with E-state index < -0.39 is 0 Å². The van der Waals surface area contributed by atoms with E-state index in [0.29, 0.717) is 18.5 Å². The number of hydrogen-bond donors (Lipinski definition) is 1. The Balaban J connectivity index is 2.00. The first-order chi connectivity index (χ1) is 8.67. The van der Waals surface area contributed by atoms with Gasteiger partial charge in [0, 0.05) is 12.1 Å². The number of rotatable bonds is 4. The Labute approximate surface area is 109 Å². The maximum absolute atomic E-state index is 5.44. The lowest BCUT2D eigenvalue weighted by atomic mass is 9.87. The Bertz CT molecular complexity index is 387. The summed E-state index contributed by atoms with van der Waals surface area (Å²) >= 11 is 0. The van der Waals surface area contributed by atoms with Crippen molar-refractivity contribution in [1.29, 1.82) is 0 Å². The maximum Gasteiger partial charge on any atom is 0.218 e. The Morgan fingerprint density at radius 1 is 1.28 bits per heavy atom. The van der Waals surface area contributed by atoms with Crippen molar-refractivity contribution < 1.29 is 4.74 Å². The molecule has 0 aliphatic heterocycles. The molecular weight excluding hydrogens is 226 g/mol. The van der Waals surface area contributed by atoms with Gasteiger partial charge in [-0.1, -0.05) is 6.92 Å². The number of nitrogens with zero attached hydrogens (tertiary/aromatic N) is 2. The molecule has 0 aromatic carbocycles. The SMILES string of the molecule is CCOc1cc(NC2CCC(C)CC2)nc(C)n1. The fourth-order valence-electron chi connectivity index (χ4n) is 2.45. The van der Waals surface area contributed by atoms with Gasteiger partial charge >= 0.3 is 0 Å². The van der Waals surface area contributed by atoms with Crippen molar-refractivity contribution in [2.75, 3.05) is 11.9 Å². The van der Waals surface area contributed by atoms with E-state index in [4.69, 9.17) is 4.74 Å². The minimum atomic E-state index is 0.546. The highest BCUT2D eigenvalue weighted by Gasteiger charge is 2.18. The van der Waals surface area contributed by atoms with Crippen LogP contribution in [0.5, 0.6) is 5.88 Å². The molecule has 0 amide bonds. The third kappa shape index (κ3) is 3.59. The topological polar surface area (TPSA) is 47.0 Å². The molecule has 2 rings (SSSR count). The summed E-state index contributed by atoms with van der Waals surface area (Å²) in [6.45, 7) is 6.83. The molecule has 1 N–H and O–H groups in total. The summed E-state index contributed by atoms with van der Waals surface area (Å²) in [7, 11) is 0. The number of anilines is 1. The minimum Gasteiger partial charge on any atom is -0.478 e. The van der Waals surface area contributed by atoms with E-state index in [-0.39, 0.29) is 0 Å². The Morgan fingerprint density at radius 2 is 2.00 bits per heavy atom. The summed E-state index contributed by atoms with van der Waals surface area (Å²) in [5.41, 5.74) is 0. The fourth-order valence-corrected chi connectivity index (χ4v) is 2.45. The largest absolute Gasteiger partial charge is 0.478 e. The van der Waals surface area contributed by atoms with Gasteiger partial charge in [-0.05, 0) is 45.4 Å². The van der Waals surface area contributed by atoms with Crippen molar-refractivity contribution in [1.82, 2.24) is 9.97 Å². The third-order valence-corrected chi connectivity index (χ3v) is 3.47. The van der Waals surface area contributed by atoms with Gasteiger partial charge in [0.1, 0.15) is 11.6 Å². The summed E-state index contributed by atoms with van der Waals surface area (Å²) < 4.78 is 5.44. The van der Waals surface area contributed by atoms with Crippen LogP contribution in [0.1, 0.15) is 45.4 Å². The molecule has 1 heterocycles. The molecule has 1 fully saturated rings. The van der Waals surface area contributed by atoms with Crippen LogP contribution < -0.4 is 10.1 Å². The van der Waals surface area contributed by atoms with Crippen molar-refractivity contribution in [3.05, 3.63) is 11.9 Å². The lowest BCUT2D eigenvalue weighted by molar-refractivity contribution is 0.325. The molecule has 1 aliphatic rings. The van der Waals surface area contributed by atoms with Crippen molar-refractivity contribution in [3.8, 4) is 5.88 Å². The van der Waals surface area contributed by atoms with E-state index in [1.807, 2.05) is 19.9 Å². The first-order valence-corrected chi connectivity index (χ1v) is 6.92. The second-order valence-electron chi connectivity index (χ2n) is 5.17. The normalized spacial score (nSPS) is 23.7. The second kappa shape index (κ2) is 6.03. The van der Waals surface area contributed by atoms with E-state index >= 15 is 0 Å². The molecule has 0 saturated heterocycles. The molecule has 0 bridgehead atoms. The number of ether oxygens (including phenoxy) is 1. The van der Waals surface area contributed by atoms with Crippen LogP contribution in [0.25, 0.3) is 0 Å². The predicted octanol–water partition coefficient (Wildman–Crippen LogP) is 3.17. The predicted molar refractivity (Wildman–Crippen MR) is 73.0 cm³/mol. The molecule has 4 heteroatoms. The zero-order valence-electron chi connectivity index (χ0n) is 11.6. The minimum absolute atomic E-state index is 0.546. The van der Waals surface area contributed by atoms with Gasteiger partial charge in [-0.25, -0.2) is 4.98 Å². The molecule has 100 valence electrons. The van der Waals surface area contributed by atoms with Crippen LogP contribution in [-0.2, 0) is 0 Å². The van der Waals surface area contributed by atoms with Gasteiger partial charge in [0.15, 0.2) is 0 Å². The van der Waals surface area contributed by atoms with Gasteiger partial charge in [-0.2, -0.15) is 4.98 Å². The number of aromatic nitrogens is 2. The van der Waals surface area contributed by atoms with Crippen LogP contribution in [0.15, 0.2) is 6.07 Å². The van der Waals surface area contributed by atoms with Gasteiger partial charge in [0.05, 0.1) is 6.61 Å². The van der Waals surface area contributed by atoms with Crippen LogP contribution in [0.4, 0.5) is 5.82 Å². The molecule has 1 saturated carbocycles. The highest BCUT2D eigenvalue weighted by atomic mass is 16.5. The molecule has 0 atom stereocenters. The molecule has 0 radical (unpaired) electrons. The monoisotopic (exact) mass is 249 g/mol. The van der Waals surface area contributed by atoms with Crippen LogP contribution >= 0.6 is 0 Å². The van der Waals surface area contributed by atoms with E-state index in [1.165, 1.54) is 25.7 Å². The summed E-state index contributed by atoms with van der Waals surface area (Å²) in [5.74, 6) is 3.18. The number of aryl methyl sites for hydroxylation is 1. The second-order valence-corrected chi connectivity index (χ2v) is 5.17. The van der Waals surface area contributed by atoms with Crippen LogP contribution in [-0.4, -0.2) is 22.6 Å². The van der Waals surface area contributed by atoms with Gasteiger partial charge < -0.3 is 10.1 Å². The standard InChI is InChI=1S/C14H23N3O/c1-4-18-14-9-13(15-11(3)16-14)17-12-7-5-10(2)6-8-12/h9-10,12H,4-8H2,1-3H3,(H,15,16,17). The van der Waals surface area contributed by atoms with Crippen molar-refractivity contribution in [2.24, 2.45) is 5.92 Å². The lowest BCUT2D eigenvalue weighted by Crippen LogP contribution is -2.25. The van der Waals surface area contributed by atoms with Gasteiger partial charge in [-0.15, -0.1) is 0 Å². The zero-order valence-corrected chi connectivity index (χ0v) is 11.6. The van der Waals surface area contributed by atoms with Gasteiger partial charge in [0.2, 0.25) is 5.88 Å². The van der Waals surface area contributed by atoms with E-state index in [9.17, 15) is 0 Å². The van der Waals surface area contributed by atoms with E-state index in [0.717, 1.165) is 17.6 Å². The van der Waals surface area contributed by atoms with Crippen LogP contribution in [0, 0.1) is 12.8 Å². The van der Waals surface area contributed by atoms with Gasteiger partial charge in [0.25, 0.3) is 0 Å². The molecule has 4 nitrogen and oxygen atoms in total. The Hall–Kier alpha value is -1.32. The first kappa shape index (κ1) is 13.1. The maximum atomic E-state index is 5.44.